The highest BCUT2D eigenvalue weighted by Crippen LogP contribution is 2.43. The van der Waals surface area contributed by atoms with Gasteiger partial charge in [0.15, 0.2) is 5.78 Å². The van der Waals surface area contributed by atoms with Crippen LogP contribution in [0, 0.1) is 0 Å². The van der Waals surface area contributed by atoms with Crippen molar-refractivity contribution in [3.05, 3.63) is 51.2 Å². The summed E-state index contributed by atoms with van der Waals surface area (Å²) >= 11 is 1.75. The number of nitrogens with zero attached hydrogens (tertiary/aromatic N) is 2. The lowest BCUT2D eigenvalue weighted by molar-refractivity contribution is -0.118. The van der Waals surface area contributed by atoms with Crippen LogP contribution in [0.25, 0.3) is 0 Å². The molecular weight excluding hydrogens is 356 g/mol. The summed E-state index contributed by atoms with van der Waals surface area (Å²) in [7, 11) is 4.18. The molecule has 2 heterocycles. The first-order valence-corrected chi connectivity index (χ1v) is 10.5. The van der Waals surface area contributed by atoms with Crippen LogP contribution >= 0.6 is 11.3 Å². The third-order valence-electron chi connectivity index (χ3n) is 5.76. The van der Waals surface area contributed by atoms with Crippen molar-refractivity contribution < 1.29 is 9.59 Å². The van der Waals surface area contributed by atoms with Gasteiger partial charge in [-0.1, -0.05) is 0 Å². The number of thiophene rings is 1. The maximum atomic E-state index is 12.4. The molecule has 5 heteroatoms. The maximum absolute atomic E-state index is 12.4. The monoisotopic (exact) mass is 382 g/mol. The Morgan fingerprint density at radius 1 is 1.26 bits per heavy atom. The minimum atomic E-state index is -0.0812. The van der Waals surface area contributed by atoms with Crippen molar-refractivity contribution >= 4 is 28.6 Å². The molecule has 1 aromatic heterocycles. The van der Waals surface area contributed by atoms with Crippen LogP contribution in [-0.2, 0) is 11.2 Å². The summed E-state index contributed by atoms with van der Waals surface area (Å²) in [5, 5.41) is 2.11. The highest BCUT2D eigenvalue weighted by Gasteiger charge is 2.37. The van der Waals surface area contributed by atoms with Gasteiger partial charge in [-0.2, -0.15) is 0 Å². The summed E-state index contributed by atoms with van der Waals surface area (Å²) < 4.78 is 0. The van der Waals surface area contributed by atoms with E-state index >= 15 is 0 Å². The minimum Gasteiger partial charge on any atom is -0.361 e. The molecule has 0 amide bonds. The molecule has 0 saturated heterocycles. The fourth-order valence-electron chi connectivity index (χ4n) is 4.43. The molecule has 1 aliphatic heterocycles. The normalized spacial score (nSPS) is 21.9. The number of carbonyl (C=O) groups excluding carboxylic acids is 2. The average molecular weight is 383 g/mol. The Morgan fingerprint density at radius 2 is 2.07 bits per heavy atom. The van der Waals surface area contributed by atoms with Crippen molar-refractivity contribution in [1.82, 2.24) is 4.90 Å². The third kappa shape index (κ3) is 3.34. The number of carbonyl (C=O) groups is 2. The van der Waals surface area contributed by atoms with Gasteiger partial charge in [-0.05, 0) is 74.6 Å². The second-order valence-corrected chi connectivity index (χ2v) is 8.90. The summed E-state index contributed by atoms with van der Waals surface area (Å²) in [6, 6.07) is 8.59. The van der Waals surface area contributed by atoms with Crippen molar-refractivity contribution in [3.8, 4) is 0 Å². The second kappa shape index (κ2) is 7.21. The molecular formula is C22H26N2O2S. The molecule has 2 atom stereocenters. The Labute approximate surface area is 164 Å². The zero-order chi connectivity index (χ0) is 19.1. The fraction of sp³-hybridized carbons (Fsp3) is 0.455. The first-order chi connectivity index (χ1) is 13.0. The standard InChI is InChI=1S/C22H26N2O2S/c1-14(25)19-12-24(20(13-23(2)3)22-18(19)9-10-27-22)16-7-8-17-15(11-16)5-4-6-21(17)26/h7-11,19-20H,4-6,12-13H2,1-3H3. The molecule has 0 N–H and O–H groups in total. The predicted molar refractivity (Wildman–Crippen MR) is 110 cm³/mol. The minimum absolute atomic E-state index is 0.0812. The van der Waals surface area contributed by atoms with E-state index < -0.39 is 0 Å². The third-order valence-corrected chi connectivity index (χ3v) is 6.79. The topological polar surface area (TPSA) is 40.6 Å². The van der Waals surface area contributed by atoms with Crippen molar-refractivity contribution in [3.63, 3.8) is 0 Å². The molecule has 2 aliphatic rings. The van der Waals surface area contributed by atoms with E-state index in [-0.39, 0.29) is 23.5 Å². The number of hydrogen-bond donors (Lipinski definition) is 0. The van der Waals surface area contributed by atoms with E-state index in [9.17, 15) is 9.59 Å². The molecule has 4 rings (SSSR count). The van der Waals surface area contributed by atoms with Gasteiger partial charge in [0.1, 0.15) is 5.78 Å². The SMILES string of the molecule is CC(=O)C1CN(c2ccc3c(c2)CCCC3=O)C(CN(C)C)c2sccc21. The van der Waals surface area contributed by atoms with Gasteiger partial charge in [0.2, 0.25) is 0 Å². The van der Waals surface area contributed by atoms with Gasteiger partial charge in [0.25, 0.3) is 0 Å². The summed E-state index contributed by atoms with van der Waals surface area (Å²) in [6.45, 7) is 3.29. The quantitative estimate of drug-likeness (QED) is 0.799. The van der Waals surface area contributed by atoms with Crippen LogP contribution < -0.4 is 4.90 Å². The molecule has 0 spiro atoms. The van der Waals surface area contributed by atoms with E-state index in [1.54, 1.807) is 18.3 Å². The number of ketones is 2. The number of likely N-dealkylation sites (N-methyl/N-ethyl adjacent to an activating group) is 1. The second-order valence-electron chi connectivity index (χ2n) is 7.95. The number of hydrogen-bond acceptors (Lipinski definition) is 5. The molecule has 1 aromatic carbocycles. The zero-order valence-electron chi connectivity index (χ0n) is 16.2. The first kappa shape index (κ1) is 18.4. The van der Waals surface area contributed by atoms with Crippen LogP contribution in [0.1, 0.15) is 58.1 Å². The molecule has 4 nitrogen and oxygen atoms in total. The lowest BCUT2D eigenvalue weighted by Crippen LogP contribution is -2.43. The maximum Gasteiger partial charge on any atom is 0.163 e. The van der Waals surface area contributed by atoms with E-state index in [0.29, 0.717) is 13.0 Å². The molecule has 2 aromatic rings. The zero-order valence-corrected chi connectivity index (χ0v) is 17.0. The Kier molecular flexibility index (Phi) is 4.91. The summed E-state index contributed by atoms with van der Waals surface area (Å²) in [4.78, 5) is 30.4. The van der Waals surface area contributed by atoms with Crippen molar-refractivity contribution in [2.24, 2.45) is 0 Å². The van der Waals surface area contributed by atoms with Gasteiger partial charge in [-0.25, -0.2) is 0 Å². The van der Waals surface area contributed by atoms with E-state index in [1.807, 2.05) is 6.07 Å². The number of rotatable bonds is 4. The van der Waals surface area contributed by atoms with Gasteiger partial charge in [0, 0.05) is 35.6 Å². The molecule has 142 valence electrons. The number of anilines is 1. The van der Waals surface area contributed by atoms with Gasteiger partial charge >= 0.3 is 0 Å². The van der Waals surface area contributed by atoms with E-state index in [1.165, 1.54) is 10.4 Å². The van der Waals surface area contributed by atoms with E-state index in [0.717, 1.165) is 36.2 Å². The van der Waals surface area contributed by atoms with Crippen molar-refractivity contribution in [2.75, 3.05) is 32.1 Å². The van der Waals surface area contributed by atoms with Crippen LogP contribution in [0.15, 0.2) is 29.6 Å². The molecule has 0 fully saturated rings. The van der Waals surface area contributed by atoms with Gasteiger partial charge in [0.05, 0.1) is 12.0 Å². The van der Waals surface area contributed by atoms with E-state index in [2.05, 4.69) is 47.5 Å². The Bertz CT molecular complexity index is 886. The van der Waals surface area contributed by atoms with Gasteiger partial charge < -0.3 is 9.80 Å². The lowest BCUT2D eigenvalue weighted by atomic mass is 9.86. The molecule has 0 saturated carbocycles. The summed E-state index contributed by atoms with van der Waals surface area (Å²) in [5.41, 5.74) is 4.36. The van der Waals surface area contributed by atoms with Crippen LogP contribution in [0.2, 0.25) is 0 Å². The van der Waals surface area contributed by atoms with Crippen LogP contribution in [0.5, 0.6) is 0 Å². The number of benzene rings is 1. The predicted octanol–water partition coefficient (Wildman–Crippen LogP) is 4.06. The van der Waals surface area contributed by atoms with Gasteiger partial charge in [-0.3, -0.25) is 9.59 Å². The summed E-state index contributed by atoms with van der Waals surface area (Å²) in [6.07, 6.45) is 2.55. The van der Waals surface area contributed by atoms with Crippen molar-refractivity contribution in [2.45, 2.75) is 38.1 Å². The number of Topliss-reactive ketones (excluding diaryl/α,β-unsaturated/α-hetero) is 2. The fourth-order valence-corrected chi connectivity index (χ4v) is 5.49. The Morgan fingerprint density at radius 3 is 2.81 bits per heavy atom. The number of fused-ring (bicyclic) bond motifs is 2. The van der Waals surface area contributed by atoms with E-state index in [4.69, 9.17) is 0 Å². The molecule has 0 radical (unpaired) electrons. The highest BCUT2D eigenvalue weighted by atomic mass is 32.1. The van der Waals surface area contributed by atoms with Crippen LogP contribution in [0.3, 0.4) is 0 Å². The Balaban J connectivity index is 1.78. The largest absolute Gasteiger partial charge is 0.361 e. The van der Waals surface area contributed by atoms with Crippen molar-refractivity contribution in [1.29, 1.82) is 0 Å². The van der Waals surface area contributed by atoms with Gasteiger partial charge in [-0.15, -0.1) is 11.3 Å². The smallest absolute Gasteiger partial charge is 0.163 e. The Hall–Kier alpha value is -1.98. The molecule has 2 unspecified atom stereocenters. The molecule has 0 bridgehead atoms. The number of aryl methyl sites for hydroxylation is 1. The van der Waals surface area contributed by atoms with Crippen LogP contribution in [0.4, 0.5) is 5.69 Å². The van der Waals surface area contributed by atoms with Crippen LogP contribution in [-0.4, -0.2) is 43.7 Å². The first-order valence-electron chi connectivity index (χ1n) is 9.61. The lowest BCUT2D eigenvalue weighted by Gasteiger charge is -2.42. The molecule has 27 heavy (non-hydrogen) atoms. The highest BCUT2D eigenvalue weighted by molar-refractivity contribution is 7.10. The summed E-state index contributed by atoms with van der Waals surface area (Å²) in [5.74, 6) is 0.395. The average Bonchev–Trinajstić information content (AvgIpc) is 3.11. The molecule has 1 aliphatic carbocycles.